The first-order chi connectivity index (χ1) is 8.63. The molecular formula is C16H18O2. The number of hydrogen-bond acceptors (Lipinski definition) is 2. The van der Waals surface area contributed by atoms with Crippen molar-refractivity contribution < 1.29 is 10.2 Å². The third-order valence-electron chi connectivity index (χ3n) is 3.30. The second-order valence-electron chi connectivity index (χ2n) is 4.65. The number of phenols is 1. The van der Waals surface area contributed by atoms with E-state index in [0.717, 1.165) is 16.7 Å². The van der Waals surface area contributed by atoms with Crippen LogP contribution < -0.4 is 0 Å². The molecule has 0 fully saturated rings. The molecule has 2 heteroatoms. The molecule has 0 bridgehead atoms. The van der Waals surface area contributed by atoms with E-state index in [0.29, 0.717) is 5.56 Å². The summed E-state index contributed by atoms with van der Waals surface area (Å²) >= 11 is 0. The highest BCUT2D eigenvalue weighted by Crippen LogP contribution is 2.34. The van der Waals surface area contributed by atoms with Crippen molar-refractivity contribution in [2.24, 2.45) is 0 Å². The Morgan fingerprint density at radius 1 is 1.11 bits per heavy atom. The van der Waals surface area contributed by atoms with Crippen molar-refractivity contribution in [3.63, 3.8) is 0 Å². The smallest absolute Gasteiger partial charge is 0.124 e. The van der Waals surface area contributed by atoms with Gasteiger partial charge in [0.25, 0.3) is 0 Å². The van der Waals surface area contributed by atoms with Gasteiger partial charge in [-0.3, -0.25) is 0 Å². The van der Waals surface area contributed by atoms with E-state index in [1.807, 2.05) is 49.4 Å². The molecule has 0 aromatic heterocycles. The van der Waals surface area contributed by atoms with Crippen molar-refractivity contribution in [2.45, 2.75) is 26.4 Å². The minimum atomic E-state index is -0.137. The van der Waals surface area contributed by atoms with Crippen LogP contribution >= 0.6 is 0 Å². The van der Waals surface area contributed by atoms with E-state index in [-0.39, 0.29) is 18.3 Å². The van der Waals surface area contributed by atoms with Crippen LogP contribution in [0.3, 0.4) is 0 Å². The highest BCUT2D eigenvalue weighted by atomic mass is 16.3. The molecule has 0 aliphatic heterocycles. The first-order valence-corrected chi connectivity index (χ1v) is 6.11. The van der Waals surface area contributed by atoms with Gasteiger partial charge in [0.15, 0.2) is 0 Å². The van der Waals surface area contributed by atoms with Crippen LogP contribution in [0.4, 0.5) is 0 Å². The highest BCUT2D eigenvalue weighted by molar-refractivity contribution is 5.48. The number of rotatable bonds is 3. The third-order valence-corrected chi connectivity index (χ3v) is 3.30. The summed E-state index contributed by atoms with van der Waals surface area (Å²) in [5.74, 6) is 0.316. The van der Waals surface area contributed by atoms with Crippen LogP contribution in [-0.2, 0) is 6.61 Å². The van der Waals surface area contributed by atoms with Gasteiger partial charge in [0.2, 0.25) is 0 Å². The summed E-state index contributed by atoms with van der Waals surface area (Å²) in [4.78, 5) is 0. The Bertz CT molecular complexity index is 532. The highest BCUT2D eigenvalue weighted by Gasteiger charge is 2.15. The minimum Gasteiger partial charge on any atom is -0.507 e. The fraction of sp³-hybridized carbons (Fsp3) is 0.250. The van der Waals surface area contributed by atoms with Gasteiger partial charge in [-0.1, -0.05) is 55.0 Å². The van der Waals surface area contributed by atoms with Gasteiger partial charge in [-0.25, -0.2) is 0 Å². The Morgan fingerprint density at radius 3 is 2.39 bits per heavy atom. The monoisotopic (exact) mass is 242 g/mol. The van der Waals surface area contributed by atoms with E-state index in [4.69, 9.17) is 0 Å². The standard InChI is InChI=1S/C16H18O2/c1-11-8-14(10-17)16(18)15(9-11)12(2)13-6-4-3-5-7-13/h3-9,12,17-18H,10H2,1-2H3. The molecule has 0 saturated carbocycles. The fourth-order valence-corrected chi connectivity index (χ4v) is 2.26. The Morgan fingerprint density at radius 2 is 1.78 bits per heavy atom. The molecule has 0 spiro atoms. The molecule has 0 amide bonds. The SMILES string of the molecule is Cc1cc(CO)c(O)c(C(C)c2ccccc2)c1. The molecular weight excluding hydrogens is 224 g/mol. The average molecular weight is 242 g/mol. The Labute approximate surface area is 108 Å². The van der Waals surface area contributed by atoms with E-state index in [1.165, 1.54) is 0 Å². The number of aliphatic hydroxyl groups is 1. The van der Waals surface area contributed by atoms with Crippen LogP contribution in [0.15, 0.2) is 42.5 Å². The van der Waals surface area contributed by atoms with E-state index < -0.39 is 0 Å². The summed E-state index contributed by atoms with van der Waals surface area (Å²) < 4.78 is 0. The molecule has 1 atom stereocenters. The molecule has 0 saturated heterocycles. The van der Waals surface area contributed by atoms with Gasteiger partial charge < -0.3 is 10.2 Å². The van der Waals surface area contributed by atoms with E-state index in [1.54, 1.807) is 0 Å². The van der Waals surface area contributed by atoms with Crippen molar-refractivity contribution in [3.05, 3.63) is 64.7 Å². The van der Waals surface area contributed by atoms with Crippen molar-refractivity contribution in [1.29, 1.82) is 0 Å². The molecule has 2 rings (SSSR count). The lowest BCUT2D eigenvalue weighted by molar-refractivity contribution is 0.275. The van der Waals surface area contributed by atoms with Gasteiger partial charge >= 0.3 is 0 Å². The molecule has 2 aromatic rings. The van der Waals surface area contributed by atoms with Gasteiger partial charge in [0.1, 0.15) is 5.75 Å². The molecule has 18 heavy (non-hydrogen) atoms. The summed E-state index contributed by atoms with van der Waals surface area (Å²) in [6, 6.07) is 13.8. The van der Waals surface area contributed by atoms with Gasteiger partial charge in [0, 0.05) is 17.0 Å². The summed E-state index contributed by atoms with van der Waals surface area (Å²) in [5, 5.41) is 19.4. The maximum atomic E-state index is 10.2. The normalized spacial score (nSPS) is 12.4. The Hall–Kier alpha value is -1.80. The van der Waals surface area contributed by atoms with Crippen molar-refractivity contribution in [3.8, 4) is 5.75 Å². The first-order valence-electron chi connectivity index (χ1n) is 6.11. The zero-order chi connectivity index (χ0) is 13.1. The number of aliphatic hydroxyl groups excluding tert-OH is 1. The second kappa shape index (κ2) is 5.23. The van der Waals surface area contributed by atoms with Gasteiger partial charge in [0.05, 0.1) is 6.61 Å². The largest absolute Gasteiger partial charge is 0.507 e. The van der Waals surface area contributed by atoms with Crippen LogP contribution in [0.25, 0.3) is 0 Å². The van der Waals surface area contributed by atoms with Crippen LogP contribution in [0.5, 0.6) is 5.75 Å². The lowest BCUT2D eigenvalue weighted by Crippen LogP contribution is -1.99. The molecule has 1 unspecified atom stereocenters. The predicted octanol–water partition coefficient (Wildman–Crippen LogP) is 3.34. The predicted molar refractivity (Wildman–Crippen MR) is 72.7 cm³/mol. The molecule has 0 aliphatic rings. The van der Waals surface area contributed by atoms with E-state index in [2.05, 4.69) is 6.92 Å². The number of aromatic hydroxyl groups is 1. The molecule has 94 valence electrons. The fourth-order valence-electron chi connectivity index (χ4n) is 2.26. The van der Waals surface area contributed by atoms with Crippen LogP contribution in [0, 0.1) is 6.92 Å². The summed E-state index contributed by atoms with van der Waals surface area (Å²) in [6.07, 6.45) is 0. The van der Waals surface area contributed by atoms with E-state index in [9.17, 15) is 10.2 Å². The Kier molecular flexibility index (Phi) is 3.68. The maximum Gasteiger partial charge on any atom is 0.124 e. The number of aryl methyl sites for hydroxylation is 1. The Balaban J connectivity index is 2.48. The van der Waals surface area contributed by atoms with Gasteiger partial charge in [-0.05, 0) is 12.5 Å². The maximum absolute atomic E-state index is 10.2. The first kappa shape index (κ1) is 12.7. The summed E-state index contributed by atoms with van der Waals surface area (Å²) in [6.45, 7) is 3.90. The molecule has 2 nitrogen and oxygen atoms in total. The van der Waals surface area contributed by atoms with Crippen molar-refractivity contribution >= 4 is 0 Å². The van der Waals surface area contributed by atoms with Crippen LogP contribution in [0.2, 0.25) is 0 Å². The molecule has 0 radical (unpaired) electrons. The minimum absolute atomic E-state index is 0.108. The number of hydrogen-bond donors (Lipinski definition) is 2. The third kappa shape index (κ3) is 2.39. The lowest BCUT2D eigenvalue weighted by Gasteiger charge is -2.17. The lowest BCUT2D eigenvalue weighted by atomic mass is 9.90. The zero-order valence-electron chi connectivity index (χ0n) is 10.7. The van der Waals surface area contributed by atoms with E-state index >= 15 is 0 Å². The zero-order valence-corrected chi connectivity index (χ0v) is 10.7. The molecule has 2 aromatic carbocycles. The van der Waals surface area contributed by atoms with Crippen LogP contribution in [-0.4, -0.2) is 10.2 Å². The molecule has 0 heterocycles. The van der Waals surface area contributed by atoms with Gasteiger partial charge in [-0.2, -0.15) is 0 Å². The van der Waals surface area contributed by atoms with Gasteiger partial charge in [-0.15, -0.1) is 0 Å². The molecule has 2 N–H and O–H groups in total. The quantitative estimate of drug-likeness (QED) is 0.866. The molecule has 0 aliphatic carbocycles. The topological polar surface area (TPSA) is 40.5 Å². The van der Waals surface area contributed by atoms with Crippen LogP contribution in [0.1, 0.15) is 35.1 Å². The number of benzene rings is 2. The van der Waals surface area contributed by atoms with Crippen molar-refractivity contribution in [2.75, 3.05) is 0 Å². The summed E-state index contributed by atoms with van der Waals surface area (Å²) in [7, 11) is 0. The van der Waals surface area contributed by atoms with Crippen molar-refractivity contribution in [1.82, 2.24) is 0 Å². The average Bonchev–Trinajstić information content (AvgIpc) is 2.41. The summed E-state index contributed by atoms with van der Waals surface area (Å²) in [5.41, 5.74) is 3.66. The second-order valence-corrected chi connectivity index (χ2v) is 4.65.